The van der Waals surface area contributed by atoms with Gasteiger partial charge in [-0.25, -0.2) is 9.97 Å². The van der Waals surface area contributed by atoms with Gasteiger partial charge in [0.2, 0.25) is 5.88 Å². The van der Waals surface area contributed by atoms with Crippen LogP contribution in [-0.4, -0.2) is 45.0 Å². The number of carbonyl (C=O) groups excluding carboxylic acids is 1. The molecule has 1 fully saturated rings. The summed E-state index contributed by atoms with van der Waals surface area (Å²) in [7, 11) is 0. The Labute approximate surface area is 253 Å². The van der Waals surface area contributed by atoms with E-state index in [0.29, 0.717) is 63.0 Å². The van der Waals surface area contributed by atoms with Gasteiger partial charge in [0, 0.05) is 35.3 Å². The lowest BCUT2D eigenvalue weighted by molar-refractivity contribution is 0.0723. The Balaban J connectivity index is 1.80. The number of carbonyl (C=O) groups is 1. The Morgan fingerprint density at radius 2 is 1.80 bits per heavy atom. The summed E-state index contributed by atoms with van der Waals surface area (Å²) >= 11 is 13.8. The SMILES string of the molecule is CCOc1ncc(Cl)cc1-n1c(C=C(C)C)c(C(=O)N2CCCCC2)cc(-c2nc(-c3ccc(Cl)cc3)cs2)c1=O. The number of hydrogen-bond donors (Lipinski definition) is 0. The summed E-state index contributed by atoms with van der Waals surface area (Å²) in [6.07, 6.45) is 6.30. The minimum absolute atomic E-state index is 0.130. The lowest BCUT2D eigenvalue weighted by Crippen LogP contribution is -2.37. The molecule has 0 N–H and O–H groups in total. The van der Waals surface area contributed by atoms with Crippen molar-refractivity contribution >= 4 is 46.5 Å². The van der Waals surface area contributed by atoms with Crippen LogP contribution in [0.4, 0.5) is 0 Å². The van der Waals surface area contributed by atoms with E-state index in [0.717, 1.165) is 30.4 Å². The summed E-state index contributed by atoms with van der Waals surface area (Å²) in [6, 6.07) is 10.7. The Morgan fingerprint density at radius 3 is 2.49 bits per heavy atom. The molecule has 212 valence electrons. The summed E-state index contributed by atoms with van der Waals surface area (Å²) in [6.45, 7) is 7.37. The van der Waals surface area contributed by atoms with Crippen molar-refractivity contribution in [2.24, 2.45) is 0 Å². The average molecular weight is 610 g/mol. The molecule has 0 spiro atoms. The fourth-order valence-corrected chi connectivity index (χ4v) is 5.97. The number of ether oxygens (including phenoxy) is 1. The molecule has 1 aliphatic rings. The minimum Gasteiger partial charge on any atom is -0.476 e. The second kappa shape index (κ2) is 12.6. The number of benzene rings is 1. The Morgan fingerprint density at radius 1 is 1.07 bits per heavy atom. The van der Waals surface area contributed by atoms with E-state index in [9.17, 15) is 9.59 Å². The van der Waals surface area contributed by atoms with Gasteiger partial charge in [-0.1, -0.05) is 40.9 Å². The van der Waals surface area contributed by atoms with Crippen molar-refractivity contribution in [3.05, 3.63) is 85.2 Å². The van der Waals surface area contributed by atoms with Gasteiger partial charge in [-0.05, 0) is 70.4 Å². The van der Waals surface area contributed by atoms with Crippen molar-refractivity contribution < 1.29 is 9.53 Å². The molecule has 0 unspecified atom stereocenters. The predicted octanol–water partition coefficient (Wildman–Crippen LogP) is 7.78. The number of nitrogens with zero attached hydrogens (tertiary/aromatic N) is 4. The van der Waals surface area contributed by atoms with Gasteiger partial charge >= 0.3 is 0 Å². The number of halogens is 2. The lowest BCUT2D eigenvalue weighted by atomic mass is 10.0. The number of amides is 1. The molecule has 41 heavy (non-hydrogen) atoms. The monoisotopic (exact) mass is 608 g/mol. The molecule has 1 amide bonds. The third-order valence-electron chi connectivity index (χ3n) is 6.73. The highest BCUT2D eigenvalue weighted by molar-refractivity contribution is 7.13. The van der Waals surface area contributed by atoms with Crippen LogP contribution in [0.2, 0.25) is 10.0 Å². The molecule has 1 saturated heterocycles. The Kier molecular flexibility index (Phi) is 8.92. The van der Waals surface area contributed by atoms with Crippen LogP contribution < -0.4 is 10.3 Å². The normalized spacial score (nSPS) is 13.2. The number of rotatable bonds is 7. The van der Waals surface area contributed by atoms with Gasteiger partial charge in [-0.3, -0.25) is 14.2 Å². The van der Waals surface area contributed by atoms with E-state index in [4.69, 9.17) is 32.9 Å². The van der Waals surface area contributed by atoms with Crippen molar-refractivity contribution in [1.29, 1.82) is 0 Å². The third kappa shape index (κ3) is 6.25. The molecule has 0 radical (unpaired) electrons. The first kappa shape index (κ1) is 29.0. The zero-order chi connectivity index (χ0) is 29.1. The molecule has 5 rings (SSSR count). The lowest BCUT2D eigenvalue weighted by Gasteiger charge is -2.28. The third-order valence-corrected chi connectivity index (χ3v) is 8.07. The Hall–Kier alpha value is -3.46. The molecule has 0 aliphatic carbocycles. The Bertz CT molecular complexity index is 1670. The van der Waals surface area contributed by atoms with Crippen molar-refractivity contribution in [1.82, 2.24) is 19.4 Å². The summed E-state index contributed by atoms with van der Waals surface area (Å²) in [5, 5.41) is 3.36. The maximum absolute atomic E-state index is 14.4. The largest absolute Gasteiger partial charge is 0.476 e. The van der Waals surface area contributed by atoms with Gasteiger partial charge in [0.1, 0.15) is 10.7 Å². The molecule has 0 bridgehead atoms. The molecule has 4 heterocycles. The maximum atomic E-state index is 14.4. The summed E-state index contributed by atoms with van der Waals surface area (Å²) < 4.78 is 7.32. The van der Waals surface area contributed by atoms with Crippen LogP contribution in [0.3, 0.4) is 0 Å². The first-order chi connectivity index (χ1) is 19.8. The molecule has 7 nitrogen and oxygen atoms in total. The van der Waals surface area contributed by atoms with E-state index >= 15 is 0 Å². The fraction of sp³-hybridized carbons (Fsp3) is 0.290. The number of thiazole rings is 1. The topological polar surface area (TPSA) is 77.3 Å². The van der Waals surface area contributed by atoms with E-state index in [-0.39, 0.29) is 17.3 Å². The van der Waals surface area contributed by atoms with Crippen LogP contribution in [0.5, 0.6) is 5.88 Å². The summed E-state index contributed by atoms with van der Waals surface area (Å²) in [4.78, 5) is 39.5. The van der Waals surface area contributed by atoms with Crippen LogP contribution >= 0.6 is 34.5 Å². The molecular weight excluding hydrogens is 579 g/mol. The molecule has 4 aromatic rings. The van der Waals surface area contributed by atoms with Crippen LogP contribution in [0.1, 0.15) is 56.1 Å². The van der Waals surface area contributed by atoms with E-state index in [1.807, 2.05) is 49.3 Å². The number of aromatic nitrogens is 3. The standard InChI is InChI=1S/C31H30Cl2N4O3S/c1-4-40-28-27(15-22(33)17-34-28)37-26(14-19(2)3)23(30(38)36-12-6-5-7-13-36)16-24(31(37)39)29-35-25(18-41-29)20-8-10-21(32)11-9-20/h8-11,14-18H,4-7,12-13H2,1-3H3. The quantitative estimate of drug-likeness (QED) is 0.214. The van der Waals surface area contributed by atoms with Crippen LogP contribution in [0, 0.1) is 0 Å². The zero-order valence-corrected chi connectivity index (χ0v) is 25.4. The average Bonchev–Trinajstić information content (AvgIpc) is 3.45. The highest BCUT2D eigenvalue weighted by Crippen LogP contribution is 2.32. The summed E-state index contributed by atoms with van der Waals surface area (Å²) in [5.41, 5.74) is 3.69. The number of likely N-dealkylation sites (tertiary alicyclic amines) is 1. The van der Waals surface area contributed by atoms with E-state index < -0.39 is 0 Å². The van der Waals surface area contributed by atoms with Crippen molar-refractivity contribution in [3.63, 3.8) is 0 Å². The number of piperidine rings is 1. The van der Waals surface area contributed by atoms with Gasteiger partial charge in [0.05, 0.1) is 34.1 Å². The predicted molar refractivity (Wildman–Crippen MR) is 167 cm³/mol. The number of hydrogen-bond acceptors (Lipinski definition) is 6. The molecule has 1 aliphatic heterocycles. The highest BCUT2D eigenvalue weighted by Gasteiger charge is 2.27. The van der Waals surface area contributed by atoms with E-state index in [1.165, 1.54) is 22.1 Å². The second-order valence-electron chi connectivity index (χ2n) is 10.0. The number of allylic oxidation sites excluding steroid dienone is 1. The zero-order valence-electron chi connectivity index (χ0n) is 23.1. The first-order valence-corrected chi connectivity index (χ1v) is 15.1. The van der Waals surface area contributed by atoms with Gasteiger partial charge in [0.15, 0.2) is 0 Å². The van der Waals surface area contributed by atoms with Crippen LogP contribution in [-0.2, 0) is 0 Å². The number of pyridine rings is 2. The van der Waals surface area contributed by atoms with Crippen molar-refractivity contribution in [2.45, 2.75) is 40.0 Å². The van der Waals surface area contributed by atoms with E-state index in [2.05, 4.69) is 4.98 Å². The fourth-order valence-electron chi connectivity index (χ4n) is 4.85. The smallest absolute Gasteiger partial charge is 0.266 e. The molecule has 1 aromatic carbocycles. The molecular formula is C31H30Cl2N4O3S. The summed E-state index contributed by atoms with van der Waals surface area (Å²) in [5.74, 6) is 0.117. The maximum Gasteiger partial charge on any atom is 0.266 e. The van der Waals surface area contributed by atoms with Gasteiger partial charge in [-0.2, -0.15) is 0 Å². The highest BCUT2D eigenvalue weighted by atomic mass is 35.5. The molecule has 3 aromatic heterocycles. The second-order valence-corrected chi connectivity index (χ2v) is 11.8. The molecule has 0 atom stereocenters. The van der Waals surface area contributed by atoms with Crippen molar-refractivity contribution in [2.75, 3.05) is 19.7 Å². The van der Waals surface area contributed by atoms with Gasteiger partial charge < -0.3 is 9.64 Å². The minimum atomic E-state index is -0.352. The van der Waals surface area contributed by atoms with E-state index in [1.54, 1.807) is 24.3 Å². The van der Waals surface area contributed by atoms with Crippen LogP contribution in [0.25, 0.3) is 33.6 Å². The van der Waals surface area contributed by atoms with Crippen molar-refractivity contribution in [3.8, 4) is 33.4 Å². The first-order valence-electron chi connectivity index (χ1n) is 13.5. The van der Waals surface area contributed by atoms with Crippen LogP contribution in [0.15, 0.2) is 58.3 Å². The van der Waals surface area contributed by atoms with Gasteiger partial charge in [0.25, 0.3) is 11.5 Å². The van der Waals surface area contributed by atoms with Gasteiger partial charge in [-0.15, -0.1) is 11.3 Å². The molecule has 0 saturated carbocycles. The molecule has 10 heteroatoms.